The van der Waals surface area contributed by atoms with Crippen molar-refractivity contribution in [3.8, 4) is 28.4 Å². The number of ether oxygens (including phenoxy) is 1. The highest BCUT2D eigenvalue weighted by Gasteiger charge is 2.23. The van der Waals surface area contributed by atoms with Crippen molar-refractivity contribution in [3.63, 3.8) is 0 Å². The van der Waals surface area contributed by atoms with E-state index in [2.05, 4.69) is 59.2 Å². The average Bonchev–Trinajstić information content (AvgIpc) is 3.51. The van der Waals surface area contributed by atoms with Crippen LogP contribution in [0, 0.1) is 0 Å². The normalized spacial score (nSPS) is 15.5. The molecular formula is C25H31N7O. The molecule has 5 heterocycles. The van der Waals surface area contributed by atoms with Gasteiger partial charge < -0.3 is 9.64 Å². The number of aromatic amines is 1. The minimum atomic E-state index is 0.256. The smallest absolute Gasteiger partial charge is 0.197 e. The molecule has 0 bridgehead atoms. The second-order valence-corrected chi connectivity index (χ2v) is 9.03. The van der Waals surface area contributed by atoms with Gasteiger partial charge in [0.25, 0.3) is 0 Å². The van der Waals surface area contributed by atoms with Crippen molar-refractivity contribution in [2.45, 2.75) is 45.4 Å². The molecule has 1 N–H and O–H groups in total. The predicted octanol–water partition coefficient (Wildman–Crippen LogP) is 4.51. The Morgan fingerprint density at radius 2 is 2.00 bits per heavy atom. The molecule has 8 heteroatoms. The molecule has 172 valence electrons. The van der Waals surface area contributed by atoms with Gasteiger partial charge in [0.1, 0.15) is 6.33 Å². The molecule has 0 aromatic carbocycles. The van der Waals surface area contributed by atoms with Gasteiger partial charge in [0.2, 0.25) is 0 Å². The highest BCUT2D eigenvalue weighted by molar-refractivity contribution is 5.75. The molecule has 5 rings (SSSR count). The van der Waals surface area contributed by atoms with E-state index in [1.165, 1.54) is 37.8 Å². The molecular weight excluding hydrogens is 414 g/mol. The largest absolute Gasteiger partial charge is 0.493 e. The Morgan fingerprint density at radius 3 is 2.67 bits per heavy atom. The Hall–Kier alpha value is -3.26. The number of rotatable bonds is 6. The maximum absolute atomic E-state index is 5.55. The third-order valence-corrected chi connectivity index (χ3v) is 6.76. The molecule has 1 aliphatic rings. The minimum Gasteiger partial charge on any atom is -0.493 e. The van der Waals surface area contributed by atoms with E-state index in [9.17, 15) is 0 Å². The molecule has 0 aliphatic carbocycles. The summed E-state index contributed by atoms with van der Waals surface area (Å²) in [4.78, 5) is 11.6. The van der Waals surface area contributed by atoms with Gasteiger partial charge in [0.05, 0.1) is 24.2 Å². The fourth-order valence-corrected chi connectivity index (χ4v) is 4.88. The summed E-state index contributed by atoms with van der Waals surface area (Å²) >= 11 is 0. The van der Waals surface area contributed by atoms with Crippen molar-refractivity contribution in [2.24, 2.45) is 0 Å². The maximum atomic E-state index is 5.55. The summed E-state index contributed by atoms with van der Waals surface area (Å²) in [5, 5.41) is 12.2. The molecule has 4 aromatic rings. The van der Waals surface area contributed by atoms with Gasteiger partial charge in [-0.25, -0.2) is 9.50 Å². The van der Waals surface area contributed by atoms with Gasteiger partial charge in [-0.2, -0.15) is 10.2 Å². The average molecular weight is 446 g/mol. The van der Waals surface area contributed by atoms with Gasteiger partial charge in [-0.05, 0) is 62.0 Å². The zero-order chi connectivity index (χ0) is 22.9. The number of nitrogens with one attached hydrogen (secondary N) is 1. The van der Waals surface area contributed by atoms with Gasteiger partial charge in [-0.3, -0.25) is 10.1 Å². The molecule has 8 nitrogen and oxygen atoms in total. The monoisotopic (exact) mass is 445 g/mol. The standard InChI is InChI=1S/C25H31N7O/c1-5-31-10-8-17(9-11-31)18-6-7-20(26-13-18)24-22(16(2)3)23(29-30-24)19-12-21(33-4)25-27-15-28-32(25)14-19/h6-7,12-17H,5,8-11H2,1-4H3,(H,29,30). The van der Waals surface area contributed by atoms with Gasteiger partial charge in [-0.15, -0.1) is 0 Å². The molecule has 0 radical (unpaired) electrons. The van der Waals surface area contributed by atoms with E-state index < -0.39 is 0 Å². The van der Waals surface area contributed by atoms with Gasteiger partial charge in [0, 0.05) is 23.5 Å². The quantitative estimate of drug-likeness (QED) is 0.470. The highest BCUT2D eigenvalue weighted by Crippen LogP contribution is 2.37. The molecule has 1 fully saturated rings. The third kappa shape index (κ3) is 3.99. The number of hydrogen-bond donors (Lipinski definition) is 1. The first kappa shape index (κ1) is 21.6. The summed E-state index contributed by atoms with van der Waals surface area (Å²) in [6.07, 6.45) is 7.92. The van der Waals surface area contributed by atoms with E-state index in [0.717, 1.165) is 34.8 Å². The number of likely N-dealkylation sites (tertiary alicyclic amines) is 1. The van der Waals surface area contributed by atoms with Gasteiger partial charge in [0.15, 0.2) is 11.4 Å². The number of pyridine rings is 2. The third-order valence-electron chi connectivity index (χ3n) is 6.76. The fourth-order valence-electron chi connectivity index (χ4n) is 4.88. The SMILES string of the molecule is CCN1CCC(c2ccc(-c3[nH]nc(-c4cc(OC)c5ncnn5c4)c3C(C)C)nc2)CC1. The summed E-state index contributed by atoms with van der Waals surface area (Å²) in [5.41, 5.74) is 6.84. The molecule has 0 unspecified atom stereocenters. The first-order chi connectivity index (χ1) is 16.1. The van der Waals surface area contributed by atoms with Crippen molar-refractivity contribution >= 4 is 5.65 Å². The first-order valence-electron chi connectivity index (χ1n) is 11.7. The van der Waals surface area contributed by atoms with Crippen LogP contribution in [0.1, 0.15) is 56.6 Å². The summed E-state index contributed by atoms with van der Waals surface area (Å²) in [6.45, 7) is 10.1. The lowest BCUT2D eigenvalue weighted by atomic mass is 9.90. The summed E-state index contributed by atoms with van der Waals surface area (Å²) in [6, 6.07) is 6.34. The van der Waals surface area contributed by atoms with E-state index in [0.29, 0.717) is 17.3 Å². The molecule has 33 heavy (non-hydrogen) atoms. The van der Waals surface area contributed by atoms with E-state index in [-0.39, 0.29) is 5.92 Å². The molecule has 4 aromatic heterocycles. The van der Waals surface area contributed by atoms with Gasteiger partial charge in [-0.1, -0.05) is 26.8 Å². The number of methoxy groups -OCH3 is 1. The second kappa shape index (κ2) is 8.94. The van der Waals surface area contributed by atoms with Crippen molar-refractivity contribution in [1.29, 1.82) is 0 Å². The van der Waals surface area contributed by atoms with E-state index in [1.54, 1.807) is 11.6 Å². The van der Waals surface area contributed by atoms with Crippen molar-refractivity contribution in [3.05, 3.63) is 48.0 Å². The summed E-state index contributed by atoms with van der Waals surface area (Å²) in [7, 11) is 1.64. The first-order valence-corrected chi connectivity index (χ1v) is 11.7. The lowest BCUT2D eigenvalue weighted by molar-refractivity contribution is 0.222. The number of nitrogens with zero attached hydrogens (tertiary/aromatic N) is 6. The van der Waals surface area contributed by atoms with Crippen LogP contribution in [-0.4, -0.2) is 61.4 Å². The Balaban J connectivity index is 1.48. The number of fused-ring (bicyclic) bond motifs is 1. The number of piperidine rings is 1. The van der Waals surface area contributed by atoms with Gasteiger partial charge >= 0.3 is 0 Å². The Labute approximate surface area is 194 Å². The summed E-state index contributed by atoms with van der Waals surface area (Å²) < 4.78 is 7.27. The molecule has 0 amide bonds. The van der Waals surface area contributed by atoms with Crippen LogP contribution in [0.4, 0.5) is 0 Å². The van der Waals surface area contributed by atoms with E-state index in [4.69, 9.17) is 14.8 Å². The van der Waals surface area contributed by atoms with Crippen LogP contribution in [0.5, 0.6) is 5.75 Å². The van der Waals surface area contributed by atoms with Crippen LogP contribution in [0.15, 0.2) is 36.9 Å². The Bertz CT molecular complexity index is 1230. The fraction of sp³-hybridized carbons (Fsp3) is 0.440. The molecule has 0 spiro atoms. The topological polar surface area (TPSA) is 84.2 Å². The highest BCUT2D eigenvalue weighted by atomic mass is 16.5. The van der Waals surface area contributed by atoms with Crippen LogP contribution in [-0.2, 0) is 0 Å². The van der Waals surface area contributed by atoms with Crippen molar-refractivity contribution in [1.82, 2.24) is 34.7 Å². The predicted molar refractivity (Wildman–Crippen MR) is 129 cm³/mol. The molecule has 0 atom stereocenters. The van der Waals surface area contributed by atoms with Crippen LogP contribution in [0.2, 0.25) is 0 Å². The molecule has 1 saturated heterocycles. The van der Waals surface area contributed by atoms with Crippen molar-refractivity contribution in [2.75, 3.05) is 26.7 Å². The second-order valence-electron chi connectivity index (χ2n) is 9.03. The molecule has 1 aliphatic heterocycles. The van der Waals surface area contributed by atoms with Crippen LogP contribution < -0.4 is 4.74 Å². The Morgan fingerprint density at radius 1 is 1.18 bits per heavy atom. The number of H-pyrrole nitrogens is 1. The van der Waals surface area contributed by atoms with Crippen LogP contribution in [0.3, 0.4) is 0 Å². The van der Waals surface area contributed by atoms with Crippen LogP contribution >= 0.6 is 0 Å². The van der Waals surface area contributed by atoms with Crippen LogP contribution in [0.25, 0.3) is 28.3 Å². The van der Waals surface area contributed by atoms with E-state index in [1.807, 2.05) is 12.3 Å². The lowest BCUT2D eigenvalue weighted by Crippen LogP contribution is -2.32. The zero-order valence-corrected chi connectivity index (χ0v) is 19.7. The van der Waals surface area contributed by atoms with E-state index >= 15 is 0 Å². The number of aromatic nitrogens is 6. The molecule has 0 saturated carbocycles. The lowest BCUT2D eigenvalue weighted by Gasteiger charge is -2.31. The zero-order valence-electron chi connectivity index (χ0n) is 19.7. The maximum Gasteiger partial charge on any atom is 0.197 e. The summed E-state index contributed by atoms with van der Waals surface area (Å²) in [5.74, 6) is 1.52. The Kier molecular flexibility index (Phi) is 5.85. The number of hydrogen-bond acceptors (Lipinski definition) is 6. The van der Waals surface area contributed by atoms with Crippen molar-refractivity contribution < 1.29 is 4.74 Å². The minimum absolute atomic E-state index is 0.256.